The molecule has 1 aromatic rings. The maximum atomic E-state index is 4.45. The Morgan fingerprint density at radius 1 is 1.36 bits per heavy atom. The van der Waals surface area contributed by atoms with Crippen molar-refractivity contribution in [1.82, 2.24) is 15.6 Å². The fourth-order valence-electron chi connectivity index (χ4n) is 2.71. The molecule has 1 heterocycles. The molecule has 0 spiro atoms. The third kappa shape index (κ3) is 6.40. The molecular formula is C16H29IN4S. The van der Waals surface area contributed by atoms with Crippen LogP contribution in [0, 0.1) is 5.92 Å². The Morgan fingerprint density at radius 2 is 2.09 bits per heavy atom. The smallest absolute Gasteiger partial charge is 0.191 e. The molecular weight excluding hydrogens is 407 g/mol. The number of aromatic nitrogens is 1. The van der Waals surface area contributed by atoms with Crippen molar-refractivity contribution in [3.63, 3.8) is 0 Å². The van der Waals surface area contributed by atoms with Gasteiger partial charge in [-0.05, 0) is 38.0 Å². The highest BCUT2D eigenvalue weighted by Crippen LogP contribution is 2.23. The molecule has 0 amide bonds. The van der Waals surface area contributed by atoms with Gasteiger partial charge in [-0.3, -0.25) is 4.99 Å². The Morgan fingerprint density at radius 3 is 2.68 bits per heavy atom. The molecule has 0 aromatic carbocycles. The van der Waals surface area contributed by atoms with Crippen LogP contribution >= 0.6 is 35.3 Å². The Labute approximate surface area is 155 Å². The molecule has 0 unspecified atom stereocenters. The van der Waals surface area contributed by atoms with E-state index in [0.717, 1.165) is 31.3 Å². The number of nitrogens with zero attached hydrogens (tertiary/aromatic N) is 2. The van der Waals surface area contributed by atoms with E-state index in [0.29, 0.717) is 6.04 Å². The lowest BCUT2D eigenvalue weighted by Gasteiger charge is -2.28. The van der Waals surface area contributed by atoms with Crippen LogP contribution in [0.15, 0.2) is 11.2 Å². The molecule has 126 valence electrons. The summed E-state index contributed by atoms with van der Waals surface area (Å²) in [4.78, 5) is 10.1. The fourth-order valence-corrected chi connectivity index (χ4v) is 3.57. The van der Waals surface area contributed by atoms with E-state index in [1.807, 2.05) is 24.6 Å². The minimum atomic E-state index is 0. The largest absolute Gasteiger partial charge is 0.356 e. The van der Waals surface area contributed by atoms with Crippen molar-refractivity contribution >= 4 is 41.3 Å². The number of rotatable bonds is 5. The minimum absolute atomic E-state index is 0. The van der Waals surface area contributed by atoms with Gasteiger partial charge < -0.3 is 10.6 Å². The zero-order valence-electron chi connectivity index (χ0n) is 13.9. The average molecular weight is 436 g/mol. The van der Waals surface area contributed by atoms with Crippen LogP contribution in [0.3, 0.4) is 0 Å². The molecule has 6 heteroatoms. The maximum absolute atomic E-state index is 4.45. The topological polar surface area (TPSA) is 49.3 Å². The van der Waals surface area contributed by atoms with E-state index in [1.54, 1.807) is 0 Å². The fraction of sp³-hybridized carbons (Fsp3) is 0.750. The molecule has 4 nitrogen and oxygen atoms in total. The molecule has 1 fully saturated rings. The van der Waals surface area contributed by atoms with Crippen molar-refractivity contribution in [3.8, 4) is 0 Å². The molecule has 1 aromatic heterocycles. The number of thiazole rings is 1. The van der Waals surface area contributed by atoms with Crippen molar-refractivity contribution in [1.29, 1.82) is 0 Å². The molecule has 1 aliphatic carbocycles. The maximum Gasteiger partial charge on any atom is 0.191 e. The van der Waals surface area contributed by atoms with Gasteiger partial charge in [-0.15, -0.1) is 35.3 Å². The van der Waals surface area contributed by atoms with Gasteiger partial charge >= 0.3 is 0 Å². The van der Waals surface area contributed by atoms with E-state index in [9.17, 15) is 0 Å². The molecule has 0 atom stereocenters. The molecule has 2 rings (SSSR count). The first-order valence-electron chi connectivity index (χ1n) is 8.12. The molecule has 22 heavy (non-hydrogen) atoms. The Balaban J connectivity index is 0.00000242. The molecule has 1 saturated carbocycles. The number of hydrogen-bond donors (Lipinski definition) is 2. The quantitative estimate of drug-likeness (QED) is 0.421. The molecule has 0 aliphatic heterocycles. The summed E-state index contributed by atoms with van der Waals surface area (Å²) in [5.41, 5.74) is 0. The summed E-state index contributed by atoms with van der Waals surface area (Å²) < 4.78 is 0. The van der Waals surface area contributed by atoms with Gasteiger partial charge in [0.1, 0.15) is 0 Å². The van der Waals surface area contributed by atoms with E-state index < -0.39 is 0 Å². The summed E-state index contributed by atoms with van der Waals surface area (Å²) in [7, 11) is 1.85. The zero-order valence-corrected chi connectivity index (χ0v) is 17.0. The number of guanidine groups is 1. The number of aryl methyl sites for hydroxylation is 1. The van der Waals surface area contributed by atoms with Gasteiger partial charge in [0.2, 0.25) is 0 Å². The molecule has 0 radical (unpaired) electrons. The van der Waals surface area contributed by atoms with Gasteiger partial charge in [-0.1, -0.05) is 13.8 Å². The summed E-state index contributed by atoms with van der Waals surface area (Å²) in [6.45, 7) is 5.41. The first-order valence-corrected chi connectivity index (χ1v) is 8.93. The van der Waals surface area contributed by atoms with Gasteiger partial charge in [0, 0.05) is 37.1 Å². The second-order valence-electron chi connectivity index (χ2n) is 5.92. The third-order valence-corrected chi connectivity index (χ3v) is 5.36. The van der Waals surface area contributed by atoms with E-state index in [-0.39, 0.29) is 24.0 Å². The Kier molecular flexibility index (Phi) is 9.31. The Hall–Kier alpha value is -0.370. The number of aliphatic imine (C=N–C) groups is 1. The van der Waals surface area contributed by atoms with E-state index in [2.05, 4.69) is 34.5 Å². The van der Waals surface area contributed by atoms with Crippen molar-refractivity contribution in [2.75, 3.05) is 13.6 Å². The van der Waals surface area contributed by atoms with Crippen LogP contribution in [-0.4, -0.2) is 30.6 Å². The van der Waals surface area contributed by atoms with Crippen LogP contribution in [0.5, 0.6) is 0 Å². The average Bonchev–Trinajstić information content (AvgIpc) is 2.96. The third-order valence-electron chi connectivity index (χ3n) is 4.16. The van der Waals surface area contributed by atoms with Crippen molar-refractivity contribution in [3.05, 3.63) is 16.1 Å². The van der Waals surface area contributed by atoms with Crippen LogP contribution in [0.1, 0.15) is 49.4 Å². The van der Waals surface area contributed by atoms with Gasteiger partial charge in [-0.25, -0.2) is 4.98 Å². The lowest BCUT2D eigenvalue weighted by atomic mass is 9.87. The molecule has 2 N–H and O–H groups in total. The predicted octanol–water partition coefficient (Wildman–Crippen LogP) is 3.61. The van der Waals surface area contributed by atoms with Crippen LogP contribution in [0.4, 0.5) is 0 Å². The van der Waals surface area contributed by atoms with Crippen molar-refractivity contribution in [2.24, 2.45) is 10.9 Å². The van der Waals surface area contributed by atoms with Crippen LogP contribution in [0.2, 0.25) is 0 Å². The highest BCUT2D eigenvalue weighted by Gasteiger charge is 2.18. The second-order valence-corrected chi connectivity index (χ2v) is 7.12. The van der Waals surface area contributed by atoms with Gasteiger partial charge in [0.05, 0.1) is 5.01 Å². The molecule has 1 aliphatic rings. The standard InChI is InChI=1S/C16H28N4S.HI/c1-4-14-11-19-15(21-14)9-10-18-16(17-3)20-13-7-5-12(2)6-8-13;/h11-13H,4-10H2,1-3H3,(H2,17,18,20);1H. The number of nitrogens with one attached hydrogen (secondary N) is 2. The monoisotopic (exact) mass is 436 g/mol. The molecule has 0 bridgehead atoms. The molecule has 0 saturated heterocycles. The first-order chi connectivity index (χ1) is 10.2. The van der Waals surface area contributed by atoms with E-state index >= 15 is 0 Å². The van der Waals surface area contributed by atoms with Crippen LogP contribution in [0.25, 0.3) is 0 Å². The summed E-state index contributed by atoms with van der Waals surface area (Å²) in [5, 5.41) is 8.17. The van der Waals surface area contributed by atoms with Crippen LogP contribution in [-0.2, 0) is 12.8 Å². The minimum Gasteiger partial charge on any atom is -0.356 e. The van der Waals surface area contributed by atoms with Gasteiger partial charge in [0.25, 0.3) is 0 Å². The highest BCUT2D eigenvalue weighted by atomic mass is 127. The normalized spacial score (nSPS) is 22.0. The summed E-state index contributed by atoms with van der Waals surface area (Å²) in [6, 6.07) is 0.582. The summed E-state index contributed by atoms with van der Waals surface area (Å²) in [5.74, 6) is 1.82. The van der Waals surface area contributed by atoms with E-state index in [1.165, 1.54) is 35.6 Å². The second kappa shape index (κ2) is 10.4. The first kappa shape index (κ1) is 19.7. The van der Waals surface area contributed by atoms with E-state index in [4.69, 9.17) is 0 Å². The number of halogens is 1. The summed E-state index contributed by atoms with van der Waals surface area (Å²) >= 11 is 1.82. The number of hydrogen-bond acceptors (Lipinski definition) is 3. The van der Waals surface area contributed by atoms with Crippen molar-refractivity contribution in [2.45, 2.75) is 58.4 Å². The van der Waals surface area contributed by atoms with Crippen molar-refractivity contribution < 1.29 is 0 Å². The lowest BCUT2D eigenvalue weighted by molar-refractivity contribution is 0.329. The van der Waals surface area contributed by atoms with Crippen LogP contribution < -0.4 is 10.6 Å². The van der Waals surface area contributed by atoms with Gasteiger partial charge in [0.15, 0.2) is 5.96 Å². The Bertz CT molecular complexity index is 453. The SMILES string of the molecule is CCc1cnc(CCNC(=NC)NC2CCC(C)CC2)s1.I. The predicted molar refractivity (Wildman–Crippen MR) is 107 cm³/mol. The highest BCUT2D eigenvalue weighted by molar-refractivity contribution is 14.0. The lowest BCUT2D eigenvalue weighted by Crippen LogP contribution is -2.45. The van der Waals surface area contributed by atoms with Gasteiger partial charge in [-0.2, -0.15) is 0 Å². The summed E-state index contributed by atoms with van der Waals surface area (Å²) in [6.07, 6.45) is 9.21. The zero-order chi connectivity index (χ0) is 15.1.